The molecule has 1 aliphatic rings. The minimum atomic E-state index is -4.44. The molecular weight excluding hydrogens is 363 g/mol. The molecule has 1 unspecified atom stereocenters. The molecule has 0 spiro atoms. The molecule has 0 aromatic carbocycles. The minimum Gasteiger partial charge on any atom is -0.378 e. The Balaban J connectivity index is 1.62. The summed E-state index contributed by atoms with van der Waals surface area (Å²) in [5, 5.41) is 7.95. The summed E-state index contributed by atoms with van der Waals surface area (Å²) in [7, 11) is 1.59. The topological polar surface area (TPSA) is 73.4 Å². The number of hydrogen-bond donors (Lipinski definition) is 0. The first-order valence-electron chi connectivity index (χ1n) is 8.51. The molecule has 27 heavy (non-hydrogen) atoms. The number of nitrogens with zero attached hydrogens (tertiary/aromatic N) is 7. The van der Waals surface area contributed by atoms with Crippen molar-refractivity contribution in [2.75, 3.05) is 25.1 Å². The summed E-state index contributed by atoms with van der Waals surface area (Å²) >= 11 is 0. The molecule has 11 heteroatoms. The lowest BCUT2D eigenvalue weighted by atomic mass is 10.1. The van der Waals surface area contributed by atoms with Gasteiger partial charge in [0.1, 0.15) is 12.1 Å². The first kappa shape index (κ1) is 17.7. The molecule has 0 bridgehead atoms. The number of fused-ring (bicyclic) bond motifs is 1. The zero-order valence-electron chi connectivity index (χ0n) is 14.6. The predicted molar refractivity (Wildman–Crippen MR) is 89.2 cm³/mol. The molecule has 1 fully saturated rings. The van der Waals surface area contributed by atoms with Crippen LogP contribution < -0.4 is 4.90 Å². The third-order valence-corrected chi connectivity index (χ3v) is 4.57. The van der Waals surface area contributed by atoms with Crippen molar-refractivity contribution < 1.29 is 17.9 Å². The Morgan fingerprint density at radius 1 is 1.33 bits per heavy atom. The first-order chi connectivity index (χ1) is 13.0. The Morgan fingerprint density at radius 2 is 2.19 bits per heavy atom. The average molecular weight is 381 g/mol. The standard InChI is InChI=1S/C16H18F3N7O/c1-27-9-11-7-14(26-15(22-11)20-10-21-26)24-5-2-3-12(8-24)25-6-4-13(23-25)16(17,18)19/h4,6-7,10,12H,2-3,5,8-9H2,1H3. The van der Waals surface area contributed by atoms with Crippen molar-refractivity contribution >= 4 is 11.6 Å². The van der Waals surface area contributed by atoms with E-state index < -0.39 is 11.9 Å². The number of methoxy groups -OCH3 is 1. The summed E-state index contributed by atoms with van der Waals surface area (Å²) in [6, 6.07) is 2.72. The minimum absolute atomic E-state index is 0.160. The van der Waals surface area contributed by atoms with Crippen molar-refractivity contribution in [3.8, 4) is 0 Å². The number of aromatic nitrogens is 6. The fourth-order valence-electron chi connectivity index (χ4n) is 3.36. The molecular formula is C16H18F3N7O. The smallest absolute Gasteiger partial charge is 0.378 e. The van der Waals surface area contributed by atoms with Gasteiger partial charge in [-0.1, -0.05) is 0 Å². The van der Waals surface area contributed by atoms with Crippen LogP contribution in [0.15, 0.2) is 24.7 Å². The van der Waals surface area contributed by atoms with Crippen molar-refractivity contribution in [1.82, 2.24) is 29.4 Å². The summed E-state index contributed by atoms with van der Waals surface area (Å²) < 4.78 is 46.7. The van der Waals surface area contributed by atoms with Crippen molar-refractivity contribution in [2.24, 2.45) is 0 Å². The number of halogens is 3. The molecule has 1 saturated heterocycles. The maximum absolute atomic E-state index is 12.8. The van der Waals surface area contributed by atoms with Crippen LogP contribution in [0.3, 0.4) is 0 Å². The number of anilines is 1. The van der Waals surface area contributed by atoms with Crippen molar-refractivity contribution in [3.63, 3.8) is 0 Å². The second-order valence-corrected chi connectivity index (χ2v) is 6.43. The Hall–Kier alpha value is -2.69. The van der Waals surface area contributed by atoms with Crippen LogP contribution in [-0.4, -0.2) is 49.6 Å². The number of piperidine rings is 1. The van der Waals surface area contributed by atoms with E-state index >= 15 is 0 Å². The second-order valence-electron chi connectivity index (χ2n) is 6.43. The van der Waals surface area contributed by atoms with Gasteiger partial charge in [0.05, 0.1) is 18.3 Å². The fraction of sp³-hybridized carbons (Fsp3) is 0.500. The van der Waals surface area contributed by atoms with Gasteiger partial charge in [0, 0.05) is 32.5 Å². The van der Waals surface area contributed by atoms with Gasteiger partial charge in [-0.2, -0.15) is 32.9 Å². The quantitative estimate of drug-likeness (QED) is 0.691. The van der Waals surface area contributed by atoms with Gasteiger partial charge in [0.25, 0.3) is 5.78 Å². The van der Waals surface area contributed by atoms with Gasteiger partial charge in [0.15, 0.2) is 5.69 Å². The van der Waals surface area contributed by atoms with Crippen LogP contribution in [0.2, 0.25) is 0 Å². The molecule has 0 saturated carbocycles. The Bertz CT molecular complexity index is 936. The van der Waals surface area contributed by atoms with Crippen LogP contribution in [0, 0.1) is 0 Å². The summed E-state index contributed by atoms with van der Waals surface area (Å²) in [5.74, 6) is 1.25. The van der Waals surface area contributed by atoms with Crippen molar-refractivity contribution in [3.05, 3.63) is 36.0 Å². The number of hydrogen-bond acceptors (Lipinski definition) is 6. The Labute approximate surface area is 152 Å². The Morgan fingerprint density at radius 3 is 2.93 bits per heavy atom. The summed E-state index contributed by atoms with van der Waals surface area (Å²) in [5.41, 5.74) is -0.154. The van der Waals surface area contributed by atoms with Crippen molar-refractivity contribution in [2.45, 2.75) is 31.7 Å². The van der Waals surface area contributed by atoms with E-state index in [0.29, 0.717) is 24.6 Å². The van der Waals surface area contributed by atoms with E-state index in [-0.39, 0.29) is 6.04 Å². The van der Waals surface area contributed by atoms with Crippen LogP contribution in [-0.2, 0) is 17.5 Å². The average Bonchev–Trinajstić information content (AvgIpc) is 3.30. The third-order valence-electron chi connectivity index (χ3n) is 4.57. The van der Waals surface area contributed by atoms with Gasteiger partial charge in [-0.05, 0) is 18.9 Å². The van der Waals surface area contributed by atoms with Gasteiger partial charge in [0.2, 0.25) is 0 Å². The van der Waals surface area contributed by atoms with E-state index in [2.05, 4.69) is 25.1 Å². The lowest BCUT2D eigenvalue weighted by Gasteiger charge is -2.34. The highest BCUT2D eigenvalue weighted by Crippen LogP contribution is 2.30. The van der Waals surface area contributed by atoms with E-state index in [1.807, 2.05) is 6.07 Å². The fourth-order valence-corrected chi connectivity index (χ4v) is 3.36. The SMILES string of the molecule is COCc1cc(N2CCCC(n3ccc(C(F)(F)F)n3)C2)n2ncnc2n1. The molecule has 0 radical (unpaired) electrons. The zero-order valence-corrected chi connectivity index (χ0v) is 14.6. The molecule has 0 amide bonds. The summed E-state index contributed by atoms with van der Waals surface area (Å²) in [4.78, 5) is 10.6. The highest BCUT2D eigenvalue weighted by Gasteiger charge is 2.34. The molecule has 144 valence electrons. The number of ether oxygens (including phenoxy) is 1. The second kappa shape index (κ2) is 6.80. The lowest BCUT2D eigenvalue weighted by Crippen LogP contribution is -2.38. The highest BCUT2D eigenvalue weighted by molar-refractivity contribution is 5.47. The van der Waals surface area contributed by atoms with Gasteiger partial charge in [-0.25, -0.2) is 4.98 Å². The molecule has 4 heterocycles. The van der Waals surface area contributed by atoms with Gasteiger partial charge < -0.3 is 9.64 Å². The molecule has 1 aliphatic heterocycles. The van der Waals surface area contributed by atoms with E-state index in [1.54, 1.807) is 11.6 Å². The summed E-state index contributed by atoms with van der Waals surface area (Å²) in [6.45, 7) is 1.61. The third kappa shape index (κ3) is 3.46. The largest absolute Gasteiger partial charge is 0.435 e. The highest BCUT2D eigenvalue weighted by atomic mass is 19.4. The van der Waals surface area contributed by atoms with Crippen LogP contribution in [0.1, 0.15) is 30.3 Å². The van der Waals surface area contributed by atoms with Crippen LogP contribution in [0.25, 0.3) is 5.78 Å². The van der Waals surface area contributed by atoms with Crippen LogP contribution in [0.4, 0.5) is 19.0 Å². The van der Waals surface area contributed by atoms with Gasteiger partial charge in [-0.15, -0.1) is 0 Å². The van der Waals surface area contributed by atoms with E-state index in [9.17, 15) is 13.2 Å². The normalized spacial score (nSPS) is 18.4. The predicted octanol–water partition coefficient (Wildman–Crippen LogP) is 2.33. The molecule has 0 aliphatic carbocycles. The van der Waals surface area contributed by atoms with Gasteiger partial charge >= 0.3 is 6.18 Å². The van der Waals surface area contributed by atoms with E-state index in [4.69, 9.17) is 4.74 Å². The van der Waals surface area contributed by atoms with E-state index in [1.165, 1.54) is 17.2 Å². The maximum atomic E-state index is 12.8. The molecule has 3 aromatic heterocycles. The molecule has 1 atom stereocenters. The molecule has 0 N–H and O–H groups in total. The summed E-state index contributed by atoms with van der Waals surface area (Å²) in [6.07, 6.45) is -0.0411. The lowest BCUT2D eigenvalue weighted by molar-refractivity contribution is -0.141. The van der Waals surface area contributed by atoms with Crippen molar-refractivity contribution in [1.29, 1.82) is 0 Å². The Kier molecular flexibility index (Phi) is 4.46. The first-order valence-corrected chi connectivity index (χ1v) is 8.51. The maximum Gasteiger partial charge on any atom is 0.435 e. The number of rotatable bonds is 4. The van der Waals surface area contributed by atoms with Crippen LogP contribution in [0.5, 0.6) is 0 Å². The van der Waals surface area contributed by atoms with Crippen LogP contribution >= 0.6 is 0 Å². The number of alkyl halides is 3. The van der Waals surface area contributed by atoms with Gasteiger partial charge in [-0.3, -0.25) is 4.68 Å². The zero-order chi connectivity index (χ0) is 19.0. The molecule has 3 aromatic rings. The molecule has 4 rings (SSSR count). The molecule has 8 nitrogen and oxygen atoms in total. The monoisotopic (exact) mass is 381 g/mol. The van der Waals surface area contributed by atoms with E-state index in [0.717, 1.165) is 31.3 Å².